The first kappa shape index (κ1) is 23.4. The van der Waals surface area contributed by atoms with Gasteiger partial charge in [0.1, 0.15) is 0 Å². The van der Waals surface area contributed by atoms with Gasteiger partial charge in [-0.15, -0.1) is 0 Å². The van der Waals surface area contributed by atoms with Gasteiger partial charge in [-0.3, -0.25) is 14.7 Å². The Balaban J connectivity index is 1.56. The van der Waals surface area contributed by atoms with E-state index in [0.717, 1.165) is 85.0 Å². The highest BCUT2D eigenvalue weighted by atomic mass is 16.5. The summed E-state index contributed by atoms with van der Waals surface area (Å²) in [7, 11) is 0. The number of nitrogens with one attached hydrogen (secondary N) is 1. The van der Waals surface area contributed by atoms with E-state index >= 15 is 0 Å². The molecule has 3 aliphatic rings. The summed E-state index contributed by atoms with van der Waals surface area (Å²) in [5.41, 5.74) is 8.97. The summed E-state index contributed by atoms with van der Waals surface area (Å²) in [6, 6.07) is 0. The van der Waals surface area contributed by atoms with Gasteiger partial charge < -0.3 is 14.2 Å². The van der Waals surface area contributed by atoms with Gasteiger partial charge in [0, 0.05) is 64.4 Å². The molecule has 0 aromatic heterocycles. The van der Waals surface area contributed by atoms with Crippen LogP contribution < -0.4 is 5.73 Å². The van der Waals surface area contributed by atoms with Gasteiger partial charge in [0.2, 0.25) is 0 Å². The normalized spacial score (nSPS) is 35.5. The first-order valence-corrected chi connectivity index (χ1v) is 11.6. The first-order valence-electron chi connectivity index (χ1n) is 11.6. The highest BCUT2D eigenvalue weighted by Gasteiger charge is 2.33. The molecule has 3 heterocycles. The maximum atomic E-state index is 9.40. The maximum Gasteiger partial charge on any atom is 0.0678 e. The maximum absolute atomic E-state index is 9.40. The number of ether oxygens (including phenoxy) is 3. The van der Waals surface area contributed by atoms with Crippen LogP contribution in [-0.2, 0) is 14.2 Å². The van der Waals surface area contributed by atoms with Crippen molar-refractivity contribution in [3.63, 3.8) is 0 Å². The number of morpholine rings is 3. The third kappa shape index (κ3) is 7.73. The van der Waals surface area contributed by atoms with E-state index in [1.54, 1.807) is 0 Å². The molecule has 0 aromatic rings. The summed E-state index contributed by atoms with van der Waals surface area (Å²) in [4.78, 5) is 7.44. The average Bonchev–Trinajstić information content (AvgIpc) is 2.64. The van der Waals surface area contributed by atoms with Crippen molar-refractivity contribution >= 4 is 0 Å². The van der Waals surface area contributed by atoms with Crippen molar-refractivity contribution in [2.24, 2.45) is 0 Å². The molecule has 0 aliphatic carbocycles. The summed E-state index contributed by atoms with van der Waals surface area (Å²) < 4.78 is 17.3. The molecule has 4 atom stereocenters. The summed E-state index contributed by atoms with van der Waals surface area (Å²) in [5.74, 6) is 0. The molecular formula is C22H43N4O3. The smallest absolute Gasteiger partial charge is 0.0678 e. The Hall–Kier alpha value is -0.280. The van der Waals surface area contributed by atoms with Gasteiger partial charge in [-0.05, 0) is 40.5 Å². The molecule has 0 saturated carbocycles. The number of hydrogen-bond donors (Lipinski definition) is 0. The second-order valence-electron chi connectivity index (χ2n) is 9.70. The van der Waals surface area contributed by atoms with Gasteiger partial charge >= 0.3 is 0 Å². The van der Waals surface area contributed by atoms with Crippen LogP contribution in [0, 0.1) is 0 Å². The van der Waals surface area contributed by atoms with Crippen molar-refractivity contribution in [1.82, 2.24) is 20.4 Å². The molecule has 3 saturated heterocycles. The Morgan fingerprint density at radius 1 is 0.724 bits per heavy atom. The van der Waals surface area contributed by atoms with E-state index in [4.69, 9.17) is 14.2 Å². The first-order chi connectivity index (χ1) is 13.8. The van der Waals surface area contributed by atoms with E-state index in [9.17, 15) is 5.73 Å². The average molecular weight is 412 g/mol. The molecule has 0 aromatic carbocycles. The lowest BCUT2D eigenvalue weighted by atomic mass is 9.90. The van der Waals surface area contributed by atoms with E-state index < -0.39 is 5.54 Å². The Labute approximate surface area is 177 Å². The van der Waals surface area contributed by atoms with Crippen LogP contribution in [0.1, 0.15) is 40.5 Å². The molecule has 4 unspecified atom stereocenters. The highest BCUT2D eigenvalue weighted by molar-refractivity contribution is 4.91. The van der Waals surface area contributed by atoms with Crippen LogP contribution in [-0.4, -0.2) is 117 Å². The summed E-state index contributed by atoms with van der Waals surface area (Å²) in [6.07, 6.45) is 2.98. The van der Waals surface area contributed by atoms with Crippen molar-refractivity contribution in [1.29, 1.82) is 0 Å². The van der Waals surface area contributed by atoms with Gasteiger partial charge in [0.15, 0.2) is 0 Å². The lowest BCUT2D eigenvalue weighted by Crippen LogP contribution is -2.53. The van der Waals surface area contributed by atoms with E-state index in [0.29, 0.717) is 0 Å². The van der Waals surface area contributed by atoms with Gasteiger partial charge in [-0.2, -0.15) is 0 Å². The Morgan fingerprint density at radius 2 is 1.14 bits per heavy atom. The molecule has 3 fully saturated rings. The molecule has 1 radical (unpaired) electrons. The molecule has 0 spiro atoms. The fourth-order valence-electron chi connectivity index (χ4n) is 5.15. The predicted octanol–water partition coefficient (Wildman–Crippen LogP) is 1.34. The summed E-state index contributed by atoms with van der Waals surface area (Å²) >= 11 is 0. The van der Waals surface area contributed by atoms with E-state index in [-0.39, 0.29) is 24.4 Å². The minimum atomic E-state index is -0.424. The largest absolute Gasteiger partial charge is 0.379 e. The van der Waals surface area contributed by atoms with Crippen LogP contribution >= 0.6 is 0 Å². The van der Waals surface area contributed by atoms with Crippen molar-refractivity contribution in [2.75, 3.05) is 72.1 Å². The van der Waals surface area contributed by atoms with E-state index in [2.05, 4.69) is 42.4 Å². The lowest BCUT2D eigenvalue weighted by Gasteiger charge is -2.41. The quantitative estimate of drug-likeness (QED) is 0.601. The molecule has 0 amide bonds. The molecule has 3 rings (SSSR count). The van der Waals surface area contributed by atoms with E-state index in [1.807, 2.05) is 0 Å². The SMILES string of the molecule is CC1CN(CCC([NH])(CCN2CC(C)OC(C)C2)CN2CCOCC2)CC(C)O1. The second-order valence-corrected chi connectivity index (χ2v) is 9.70. The molecule has 169 valence electrons. The third-order valence-corrected chi connectivity index (χ3v) is 6.43. The van der Waals surface area contributed by atoms with Crippen molar-refractivity contribution in [3.05, 3.63) is 0 Å². The van der Waals surface area contributed by atoms with Crippen molar-refractivity contribution in [3.8, 4) is 0 Å². The van der Waals surface area contributed by atoms with Crippen LogP contribution in [0.15, 0.2) is 0 Å². The van der Waals surface area contributed by atoms with Gasteiger partial charge in [-0.1, -0.05) is 0 Å². The molecule has 1 N–H and O–H groups in total. The van der Waals surface area contributed by atoms with Crippen LogP contribution in [0.25, 0.3) is 0 Å². The second kappa shape index (κ2) is 10.8. The van der Waals surface area contributed by atoms with E-state index in [1.165, 1.54) is 0 Å². The zero-order valence-electron chi connectivity index (χ0n) is 19.1. The highest BCUT2D eigenvalue weighted by Crippen LogP contribution is 2.22. The molecular weight excluding hydrogens is 368 g/mol. The fourth-order valence-corrected chi connectivity index (χ4v) is 5.15. The predicted molar refractivity (Wildman–Crippen MR) is 115 cm³/mol. The minimum absolute atomic E-state index is 0.287. The number of rotatable bonds is 8. The molecule has 3 aliphatic heterocycles. The monoisotopic (exact) mass is 411 g/mol. The third-order valence-electron chi connectivity index (χ3n) is 6.43. The standard InChI is InChI=1S/C22H43N4O3/c1-18-13-25(14-19(2)28-18)7-5-22(23,17-24-9-11-27-12-10-24)6-8-26-15-20(3)29-21(4)16-26/h18-21,23H,5-17H2,1-4H3. The van der Waals surface area contributed by atoms with Crippen LogP contribution in [0.4, 0.5) is 0 Å². The summed E-state index contributed by atoms with van der Waals surface area (Å²) in [5, 5.41) is 0. The zero-order valence-corrected chi connectivity index (χ0v) is 19.1. The van der Waals surface area contributed by atoms with Crippen molar-refractivity contribution < 1.29 is 14.2 Å². The number of nitrogens with zero attached hydrogens (tertiary/aromatic N) is 3. The van der Waals surface area contributed by atoms with Gasteiger partial charge in [0.25, 0.3) is 0 Å². The molecule has 29 heavy (non-hydrogen) atoms. The van der Waals surface area contributed by atoms with Crippen LogP contribution in [0.2, 0.25) is 0 Å². The van der Waals surface area contributed by atoms with Gasteiger partial charge in [0.05, 0.1) is 37.6 Å². The Morgan fingerprint density at radius 3 is 1.55 bits per heavy atom. The van der Waals surface area contributed by atoms with Crippen LogP contribution in [0.3, 0.4) is 0 Å². The topological polar surface area (TPSA) is 61.2 Å². The Bertz CT molecular complexity index is 439. The van der Waals surface area contributed by atoms with Crippen LogP contribution in [0.5, 0.6) is 0 Å². The lowest BCUT2D eigenvalue weighted by molar-refractivity contribution is -0.0732. The Kier molecular flexibility index (Phi) is 8.74. The molecule has 7 heteroatoms. The minimum Gasteiger partial charge on any atom is -0.379 e. The van der Waals surface area contributed by atoms with Gasteiger partial charge in [-0.25, -0.2) is 5.73 Å². The number of hydrogen-bond acceptors (Lipinski definition) is 6. The zero-order chi connectivity index (χ0) is 20.9. The summed E-state index contributed by atoms with van der Waals surface area (Å²) in [6.45, 7) is 18.9. The van der Waals surface area contributed by atoms with Crippen molar-refractivity contribution in [2.45, 2.75) is 70.5 Å². The molecule has 0 bridgehead atoms. The fraction of sp³-hybridized carbons (Fsp3) is 1.00. The molecule has 7 nitrogen and oxygen atoms in total.